The van der Waals surface area contributed by atoms with Crippen LogP contribution in [-0.4, -0.2) is 8.42 Å². The lowest BCUT2D eigenvalue weighted by Crippen LogP contribution is -2.26. The van der Waals surface area contributed by atoms with E-state index in [0.717, 1.165) is 48.1 Å². The molecule has 1 N–H and O–H groups in total. The standard InChI is InChI=1S/C22H24FNO3S/c1-22(2,3)14-4-10-20-18(12-14)19-13-16(7-11-21(19)27-20)24-28(25,26)17-8-5-15(23)6-9-17/h5-9,11,13-14,24H,4,10,12H2,1-3H3. The molecule has 0 spiro atoms. The van der Waals surface area contributed by atoms with E-state index in [1.165, 1.54) is 17.7 Å². The molecule has 4 rings (SSSR count). The number of hydrogen-bond donors (Lipinski definition) is 1. The van der Waals surface area contributed by atoms with Crippen LogP contribution in [0.1, 0.15) is 38.5 Å². The summed E-state index contributed by atoms with van der Waals surface area (Å²) in [6, 6.07) is 10.1. The van der Waals surface area contributed by atoms with Crippen LogP contribution in [0, 0.1) is 17.2 Å². The molecule has 0 saturated heterocycles. The molecule has 3 aromatic rings. The highest BCUT2D eigenvalue weighted by atomic mass is 32.2. The molecule has 0 aliphatic heterocycles. The SMILES string of the molecule is CC(C)(C)C1CCc2oc3ccc(NS(=O)(=O)c4ccc(F)cc4)cc3c2C1. The molecule has 1 aromatic heterocycles. The third kappa shape index (κ3) is 3.53. The van der Waals surface area contributed by atoms with E-state index in [4.69, 9.17) is 4.42 Å². The van der Waals surface area contributed by atoms with Gasteiger partial charge in [0.05, 0.1) is 4.90 Å². The smallest absolute Gasteiger partial charge is 0.261 e. The number of anilines is 1. The number of aryl methyl sites for hydroxylation is 1. The Morgan fingerprint density at radius 1 is 1.11 bits per heavy atom. The highest BCUT2D eigenvalue weighted by Gasteiger charge is 2.31. The van der Waals surface area contributed by atoms with Crippen molar-refractivity contribution in [2.45, 2.75) is 44.9 Å². The van der Waals surface area contributed by atoms with E-state index in [9.17, 15) is 12.8 Å². The van der Waals surface area contributed by atoms with Gasteiger partial charge < -0.3 is 4.42 Å². The van der Waals surface area contributed by atoms with Crippen LogP contribution in [0.3, 0.4) is 0 Å². The van der Waals surface area contributed by atoms with Gasteiger partial charge >= 0.3 is 0 Å². The summed E-state index contributed by atoms with van der Waals surface area (Å²) in [6.45, 7) is 6.77. The van der Waals surface area contributed by atoms with E-state index < -0.39 is 15.8 Å². The zero-order chi connectivity index (χ0) is 20.1. The zero-order valence-corrected chi connectivity index (χ0v) is 17.1. The van der Waals surface area contributed by atoms with Gasteiger partial charge in [-0.3, -0.25) is 4.72 Å². The van der Waals surface area contributed by atoms with Crippen molar-refractivity contribution in [3.8, 4) is 0 Å². The number of hydrogen-bond acceptors (Lipinski definition) is 3. The Kier molecular flexibility index (Phi) is 4.49. The Bertz CT molecular complexity index is 1130. The van der Waals surface area contributed by atoms with Crippen molar-refractivity contribution in [3.05, 3.63) is 59.6 Å². The van der Waals surface area contributed by atoms with Gasteiger partial charge in [0, 0.05) is 23.1 Å². The summed E-state index contributed by atoms with van der Waals surface area (Å²) < 4.78 is 46.9. The van der Waals surface area contributed by atoms with Crippen LogP contribution in [0.15, 0.2) is 51.8 Å². The number of fused-ring (bicyclic) bond motifs is 3. The van der Waals surface area contributed by atoms with Crippen LogP contribution in [0.2, 0.25) is 0 Å². The van der Waals surface area contributed by atoms with Crippen LogP contribution in [0.25, 0.3) is 11.0 Å². The van der Waals surface area contributed by atoms with Crippen LogP contribution < -0.4 is 4.72 Å². The maximum absolute atomic E-state index is 13.1. The molecule has 0 radical (unpaired) electrons. The quantitative estimate of drug-likeness (QED) is 0.628. The maximum atomic E-state index is 13.1. The first-order valence-electron chi connectivity index (χ1n) is 9.46. The molecule has 148 valence electrons. The van der Waals surface area contributed by atoms with Crippen LogP contribution in [0.4, 0.5) is 10.1 Å². The van der Waals surface area contributed by atoms with Gasteiger partial charge in [-0.1, -0.05) is 20.8 Å². The van der Waals surface area contributed by atoms with E-state index in [1.54, 1.807) is 6.07 Å². The predicted molar refractivity (Wildman–Crippen MR) is 108 cm³/mol. The van der Waals surface area contributed by atoms with Gasteiger partial charge in [0.15, 0.2) is 0 Å². The molecule has 4 nitrogen and oxygen atoms in total. The topological polar surface area (TPSA) is 59.3 Å². The first kappa shape index (κ1) is 19.0. The van der Waals surface area contributed by atoms with Crippen LogP contribution in [0.5, 0.6) is 0 Å². The van der Waals surface area contributed by atoms with Gasteiger partial charge in [-0.25, -0.2) is 12.8 Å². The molecule has 0 saturated carbocycles. The highest BCUT2D eigenvalue weighted by molar-refractivity contribution is 7.92. The number of rotatable bonds is 3. The second-order valence-electron chi connectivity index (χ2n) is 8.58. The van der Waals surface area contributed by atoms with Crippen molar-refractivity contribution in [1.29, 1.82) is 0 Å². The Hall–Kier alpha value is -2.34. The maximum Gasteiger partial charge on any atom is 0.261 e. The van der Waals surface area contributed by atoms with Gasteiger partial charge in [-0.05, 0) is 66.6 Å². The average molecular weight is 402 g/mol. The summed E-state index contributed by atoms with van der Waals surface area (Å²) in [5.74, 6) is 1.09. The van der Waals surface area contributed by atoms with E-state index in [-0.39, 0.29) is 10.3 Å². The van der Waals surface area contributed by atoms with Crippen molar-refractivity contribution in [3.63, 3.8) is 0 Å². The number of sulfonamides is 1. The van der Waals surface area contributed by atoms with Crippen molar-refractivity contribution in [1.82, 2.24) is 0 Å². The first-order chi connectivity index (χ1) is 13.1. The number of halogens is 1. The third-order valence-electron chi connectivity index (χ3n) is 5.65. The number of benzene rings is 2. The molecule has 1 aliphatic carbocycles. The number of furan rings is 1. The minimum Gasteiger partial charge on any atom is -0.461 e. The Morgan fingerprint density at radius 3 is 2.50 bits per heavy atom. The zero-order valence-electron chi connectivity index (χ0n) is 16.3. The molecule has 1 heterocycles. The molecule has 28 heavy (non-hydrogen) atoms. The lowest BCUT2D eigenvalue weighted by molar-refractivity contribution is 0.210. The van der Waals surface area contributed by atoms with E-state index in [1.807, 2.05) is 12.1 Å². The van der Waals surface area contributed by atoms with Gasteiger partial charge in [-0.2, -0.15) is 0 Å². The summed E-state index contributed by atoms with van der Waals surface area (Å²) >= 11 is 0. The Labute approximate surface area is 164 Å². The molecule has 1 atom stereocenters. The second-order valence-corrected chi connectivity index (χ2v) is 10.3. The minimum absolute atomic E-state index is 0.0241. The van der Waals surface area contributed by atoms with Crippen molar-refractivity contribution >= 4 is 26.7 Å². The molecule has 6 heteroatoms. The van der Waals surface area contributed by atoms with Crippen molar-refractivity contribution < 1.29 is 17.2 Å². The van der Waals surface area contributed by atoms with Crippen LogP contribution in [-0.2, 0) is 22.9 Å². The van der Waals surface area contributed by atoms with Gasteiger partial charge in [0.2, 0.25) is 0 Å². The molecule has 0 amide bonds. The largest absolute Gasteiger partial charge is 0.461 e. The third-order valence-corrected chi connectivity index (χ3v) is 7.04. The summed E-state index contributed by atoms with van der Waals surface area (Å²) in [6.07, 6.45) is 2.93. The molecule has 0 bridgehead atoms. The van der Waals surface area contributed by atoms with Gasteiger partial charge in [0.25, 0.3) is 10.0 Å². The Balaban J connectivity index is 1.68. The fraction of sp³-hybridized carbons (Fsp3) is 0.364. The fourth-order valence-corrected chi connectivity index (χ4v) is 4.96. The van der Waals surface area contributed by atoms with Crippen LogP contribution >= 0.6 is 0 Å². The van der Waals surface area contributed by atoms with E-state index in [2.05, 4.69) is 25.5 Å². The molecular weight excluding hydrogens is 377 g/mol. The van der Waals surface area contributed by atoms with Gasteiger partial charge in [0.1, 0.15) is 17.2 Å². The average Bonchev–Trinajstić information content (AvgIpc) is 2.98. The normalized spacial score (nSPS) is 17.5. The fourth-order valence-electron chi connectivity index (χ4n) is 3.91. The predicted octanol–water partition coefficient (Wildman–Crippen LogP) is 5.52. The van der Waals surface area contributed by atoms with Gasteiger partial charge in [-0.15, -0.1) is 0 Å². The number of nitrogens with one attached hydrogen (secondary N) is 1. The summed E-state index contributed by atoms with van der Waals surface area (Å²) in [4.78, 5) is 0.0241. The van der Waals surface area contributed by atoms with Crippen molar-refractivity contribution in [2.75, 3.05) is 4.72 Å². The molecular formula is C22H24FNO3S. The second kappa shape index (κ2) is 6.62. The minimum atomic E-state index is -3.78. The monoisotopic (exact) mass is 401 g/mol. The Morgan fingerprint density at radius 2 is 1.82 bits per heavy atom. The summed E-state index contributed by atoms with van der Waals surface area (Å²) in [5, 5.41) is 0.961. The summed E-state index contributed by atoms with van der Waals surface area (Å²) in [5.41, 5.74) is 2.65. The lowest BCUT2D eigenvalue weighted by atomic mass is 9.71. The lowest BCUT2D eigenvalue weighted by Gasteiger charge is -2.33. The van der Waals surface area contributed by atoms with Crippen molar-refractivity contribution in [2.24, 2.45) is 11.3 Å². The molecule has 1 unspecified atom stereocenters. The molecule has 1 aliphatic rings. The summed E-state index contributed by atoms with van der Waals surface area (Å²) in [7, 11) is -3.78. The molecule has 2 aromatic carbocycles. The van der Waals surface area contributed by atoms with E-state index in [0.29, 0.717) is 11.6 Å². The highest BCUT2D eigenvalue weighted by Crippen LogP contribution is 2.41. The van der Waals surface area contributed by atoms with E-state index >= 15 is 0 Å². The molecule has 0 fully saturated rings. The first-order valence-corrected chi connectivity index (χ1v) is 10.9.